The number of carbonyl (C=O) groups is 3. The normalized spacial score (nSPS) is 26.8. The number of carboxylic acid groups (broad SMARTS) is 1. The van der Waals surface area contributed by atoms with Crippen molar-refractivity contribution in [1.29, 1.82) is 0 Å². The molecule has 1 saturated heterocycles. The molecule has 22 heavy (non-hydrogen) atoms. The second kappa shape index (κ2) is 5.01. The molecule has 1 aromatic rings. The van der Waals surface area contributed by atoms with E-state index >= 15 is 0 Å². The molecule has 3 rings (SSSR count). The third-order valence-corrected chi connectivity index (χ3v) is 4.28. The van der Waals surface area contributed by atoms with Crippen molar-refractivity contribution in [1.82, 2.24) is 10.2 Å². The first kappa shape index (κ1) is 14.4. The Balaban J connectivity index is 1.71. The molecule has 7 nitrogen and oxygen atoms in total. The number of nitrogens with one attached hydrogen (secondary N) is 1. The van der Waals surface area contributed by atoms with E-state index in [0.29, 0.717) is 5.75 Å². The van der Waals surface area contributed by atoms with Crippen LogP contribution in [0, 0.1) is 5.92 Å². The predicted molar refractivity (Wildman–Crippen MR) is 75.2 cm³/mol. The van der Waals surface area contributed by atoms with Gasteiger partial charge in [0.05, 0.1) is 19.6 Å². The van der Waals surface area contributed by atoms with Gasteiger partial charge in [-0.1, -0.05) is 12.1 Å². The number of hydrogen-bond donors (Lipinski definition) is 2. The number of benzene rings is 1. The van der Waals surface area contributed by atoms with Gasteiger partial charge in [-0.2, -0.15) is 0 Å². The molecule has 116 valence electrons. The SMILES string of the molecule is COc1ccc(CN2C(=O)N[C@]3(C[C@@H](C(=O)O)C3)C2=O)cc1. The Hall–Kier alpha value is -2.57. The molecule has 0 bridgehead atoms. The summed E-state index contributed by atoms with van der Waals surface area (Å²) in [6.45, 7) is 0.161. The average Bonchev–Trinajstić information content (AvgIpc) is 2.71. The molecule has 0 radical (unpaired) electrons. The lowest BCUT2D eigenvalue weighted by molar-refractivity contribution is -0.151. The first-order valence-electron chi connectivity index (χ1n) is 6.95. The lowest BCUT2D eigenvalue weighted by atomic mass is 9.68. The summed E-state index contributed by atoms with van der Waals surface area (Å²) < 4.78 is 5.06. The zero-order valence-electron chi connectivity index (χ0n) is 12.0. The number of amides is 3. The molecule has 0 atom stereocenters. The van der Waals surface area contributed by atoms with Crippen molar-refractivity contribution in [3.8, 4) is 5.75 Å². The van der Waals surface area contributed by atoms with Crippen molar-refractivity contribution in [2.45, 2.75) is 24.9 Å². The molecule has 1 aliphatic heterocycles. The summed E-state index contributed by atoms with van der Waals surface area (Å²) in [4.78, 5) is 36.5. The summed E-state index contributed by atoms with van der Waals surface area (Å²) in [7, 11) is 1.56. The van der Waals surface area contributed by atoms with Crippen molar-refractivity contribution < 1.29 is 24.2 Å². The van der Waals surface area contributed by atoms with Crippen LogP contribution in [-0.2, 0) is 16.1 Å². The number of carbonyl (C=O) groups excluding carboxylic acids is 2. The highest BCUT2D eigenvalue weighted by Gasteiger charge is 2.60. The Bertz CT molecular complexity index is 634. The minimum Gasteiger partial charge on any atom is -0.497 e. The van der Waals surface area contributed by atoms with Crippen molar-refractivity contribution >= 4 is 17.9 Å². The van der Waals surface area contributed by atoms with Crippen molar-refractivity contribution in [3.63, 3.8) is 0 Å². The Morgan fingerprint density at radius 2 is 2.00 bits per heavy atom. The van der Waals surface area contributed by atoms with E-state index in [9.17, 15) is 14.4 Å². The quantitative estimate of drug-likeness (QED) is 0.808. The zero-order valence-corrected chi connectivity index (χ0v) is 12.0. The average molecular weight is 304 g/mol. The standard InChI is InChI=1S/C15H16N2O5/c1-22-11-4-2-9(3-5-11)8-17-13(20)15(16-14(17)21)6-10(7-15)12(18)19/h2-5,10H,6-8H2,1H3,(H,16,21)(H,18,19)/t10-,15+. The highest BCUT2D eigenvalue weighted by atomic mass is 16.5. The summed E-state index contributed by atoms with van der Waals surface area (Å²) in [5.41, 5.74) is -0.220. The van der Waals surface area contributed by atoms with Gasteiger partial charge in [0.2, 0.25) is 0 Å². The van der Waals surface area contributed by atoms with Gasteiger partial charge in [-0.15, -0.1) is 0 Å². The Morgan fingerprint density at radius 1 is 1.36 bits per heavy atom. The number of carboxylic acids is 1. The van der Waals surface area contributed by atoms with Crippen LogP contribution in [0.4, 0.5) is 4.79 Å². The number of rotatable bonds is 4. The lowest BCUT2D eigenvalue weighted by Crippen LogP contribution is -2.58. The van der Waals surface area contributed by atoms with Crippen LogP contribution in [0.3, 0.4) is 0 Å². The Kier molecular flexibility index (Phi) is 3.27. The Labute approximate surface area is 126 Å². The fourth-order valence-corrected chi connectivity index (χ4v) is 2.97. The molecule has 1 spiro atoms. The molecule has 7 heteroatoms. The maximum Gasteiger partial charge on any atom is 0.325 e. The van der Waals surface area contributed by atoms with Gasteiger partial charge >= 0.3 is 12.0 Å². The van der Waals surface area contributed by atoms with Crippen LogP contribution in [0.5, 0.6) is 5.75 Å². The van der Waals surface area contributed by atoms with E-state index in [-0.39, 0.29) is 25.3 Å². The van der Waals surface area contributed by atoms with Crippen molar-refractivity contribution in [3.05, 3.63) is 29.8 Å². The number of aliphatic carboxylic acids is 1. The van der Waals surface area contributed by atoms with Crippen LogP contribution in [0.1, 0.15) is 18.4 Å². The van der Waals surface area contributed by atoms with Crippen LogP contribution in [0.15, 0.2) is 24.3 Å². The Morgan fingerprint density at radius 3 is 2.55 bits per heavy atom. The summed E-state index contributed by atoms with van der Waals surface area (Å²) in [5.74, 6) is -1.14. The number of ether oxygens (including phenoxy) is 1. The molecular formula is C15H16N2O5. The number of imide groups is 1. The maximum absolute atomic E-state index is 12.4. The molecule has 1 saturated carbocycles. The second-order valence-electron chi connectivity index (χ2n) is 5.70. The minimum atomic E-state index is -1.02. The third kappa shape index (κ3) is 2.18. The summed E-state index contributed by atoms with van der Waals surface area (Å²) >= 11 is 0. The van der Waals surface area contributed by atoms with Gasteiger partial charge in [0, 0.05) is 0 Å². The summed E-state index contributed by atoms with van der Waals surface area (Å²) in [6.07, 6.45) is 0.317. The molecule has 3 amide bonds. The number of hydrogen-bond acceptors (Lipinski definition) is 4. The summed E-state index contributed by atoms with van der Waals surface area (Å²) in [6, 6.07) is 6.61. The number of nitrogens with zero attached hydrogens (tertiary/aromatic N) is 1. The third-order valence-electron chi connectivity index (χ3n) is 4.28. The van der Waals surface area contributed by atoms with E-state index in [0.717, 1.165) is 10.5 Å². The molecule has 2 fully saturated rings. The monoisotopic (exact) mass is 304 g/mol. The van der Waals surface area contributed by atoms with E-state index in [4.69, 9.17) is 9.84 Å². The van der Waals surface area contributed by atoms with Crippen molar-refractivity contribution in [2.75, 3.05) is 7.11 Å². The minimum absolute atomic E-state index is 0.159. The fraction of sp³-hybridized carbons (Fsp3) is 0.400. The van der Waals surface area contributed by atoms with E-state index in [1.165, 1.54) is 0 Å². The second-order valence-corrected chi connectivity index (χ2v) is 5.70. The highest BCUT2D eigenvalue weighted by Crippen LogP contribution is 2.42. The predicted octanol–water partition coefficient (Wildman–Crippen LogP) is 0.980. The highest BCUT2D eigenvalue weighted by molar-refractivity contribution is 6.08. The van der Waals surface area contributed by atoms with Gasteiger partial charge in [0.1, 0.15) is 11.3 Å². The molecule has 0 aromatic heterocycles. The van der Waals surface area contributed by atoms with E-state index in [1.54, 1.807) is 31.4 Å². The van der Waals surface area contributed by atoms with Gasteiger partial charge in [-0.05, 0) is 30.5 Å². The molecule has 0 unspecified atom stereocenters. The molecule has 1 aromatic carbocycles. The lowest BCUT2D eigenvalue weighted by Gasteiger charge is -2.40. The van der Waals surface area contributed by atoms with E-state index < -0.39 is 23.5 Å². The van der Waals surface area contributed by atoms with Crippen LogP contribution in [0.2, 0.25) is 0 Å². The van der Waals surface area contributed by atoms with Crippen molar-refractivity contribution in [2.24, 2.45) is 5.92 Å². The number of methoxy groups -OCH3 is 1. The zero-order chi connectivity index (χ0) is 15.9. The van der Waals surface area contributed by atoms with Crippen LogP contribution in [0.25, 0.3) is 0 Å². The van der Waals surface area contributed by atoms with E-state index in [2.05, 4.69) is 5.32 Å². The van der Waals surface area contributed by atoms with E-state index in [1.807, 2.05) is 0 Å². The largest absolute Gasteiger partial charge is 0.497 e. The van der Waals surface area contributed by atoms with Gasteiger partial charge in [0.25, 0.3) is 5.91 Å². The van der Waals surface area contributed by atoms with Gasteiger partial charge in [-0.25, -0.2) is 4.79 Å². The number of urea groups is 1. The first-order valence-corrected chi connectivity index (χ1v) is 6.95. The first-order chi connectivity index (χ1) is 10.4. The topological polar surface area (TPSA) is 95.9 Å². The molecule has 2 N–H and O–H groups in total. The van der Waals surface area contributed by atoms with Crippen LogP contribution in [-0.4, -0.2) is 40.6 Å². The summed E-state index contributed by atoms with van der Waals surface area (Å²) in [5, 5.41) is 11.6. The fourth-order valence-electron chi connectivity index (χ4n) is 2.97. The molecule has 2 aliphatic rings. The molecule has 1 heterocycles. The van der Waals surface area contributed by atoms with Gasteiger partial charge in [0.15, 0.2) is 0 Å². The van der Waals surface area contributed by atoms with Gasteiger partial charge in [-0.3, -0.25) is 14.5 Å². The molecular weight excluding hydrogens is 288 g/mol. The van der Waals surface area contributed by atoms with Crippen LogP contribution < -0.4 is 10.1 Å². The maximum atomic E-state index is 12.4. The smallest absolute Gasteiger partial charge is 0.325 e. The molecule has 1 aliphatic carbocycles. The van der Waals surface area contributed by atoms with Crippen LogP contribution >= 0.6 is 0 Å². The van der Waals surface area contributed by atoms with Gasteiger partial charge < -0.3 is 15.2 Å².